The van der Waals surface area contributed by atoms with Gasteiger partial charge in [-0.2, -0.15) is 0 Å². The Morgan fingerprint density at radius 3 is 2.70 bits per heavy atom. The fourth-order valence-electron chi connectivity index (χ4n) is 3.08. The topological polar surface area (TPSA) is 63.7 Å². The number of rotatable bonds is 6. The summed E-state index contributed by atoms with van der Waals surface area (Å²) in [5.41, 5.74) is 3.02. The van der Waals surface area contributed by atoms with Crippen molar-refractivity contribution in [2.45, 2.75) is 38.9 Å². The number of carbonyl (C=O) groups excluding carboxylic acids is 1. The fraction of sp³-hybridized carbons (Fsp3) is 0.429. The third kappa shape index (κ3) is 5.28. The summed E-state index contributed by atoms with van der Waals surface area (Å²) in [6.45, 7) is 4.93. The van der Waals surface area contributed by atoms with Gasteiger partial charge >= 0.3 is 0 Å². The molecular formula is C21H27N3O3. The molecule has 1 aromatic heterocycles. The molecule has 1 aliphatic heterocycles. The molecule has 1 saturated heterocycles. The summed E-state index contributed by atoms with van der Waals surface area (Å²) in [5.74, 6) is 1.11. The Bertz CT molecular complexity index is 790. The molecule has 0 bridgehead atoms. The Balaban J connectivity index is 1.54. The summed E-state index contributed by atoms with van der Waals surface area (Å²) in [6, 6.07) is 9.45. The number of likely N-dealkylation sites (N-methyl/N-ethyl adjacent to an activating group) is 1. The Hall–Kier alpha value is -2.44. The van der Waals surface area contributed by atoms with Crippen molar-refractivity contribution in [3.8, 4) is 11.6 Å². The van der Waals surface area contributed by atoms with Crippen LogP contribution in [0.1, 0.15) is 24.0 Å². The number of amides is 1. The fourth-order valence-corrected chi connectivity index (χ4v) is 3.08. The van der Waals surface area contributed by atoms with Gasteiger partial charge in [-0.3, -0.25) is 4.79 Å². The van der Waals surface area contributed by atoms with Gasteiger partial charge in [-0.1, -0.05) is 6.07 Å². The number of anilines is 1. The van der Waals surface area contributed by atoms with E-state index in [1.807, 2.05) is 39.2 Å². The zero-order valence-electron chi connectivity index (χ0n) is 16.4. The minimum atomic E-state index is -0.401. The van der Waals surface area contributed by atoms with Crippen molar-refractivity contribution in [2.75, 3.05) is 26.0 Å². The van der Waals surface area contributed by atoms with Crippen molar-refractivity contribution in [1.82, 2.24) is 9.88 Å². The quantitative estimate of drug-likeness (QED) is 0.844. The second-order valence-electron chi connectivity index (χ2n) is 7.31. The van der Waals surface area contributed by atoms with Gasteiger partial charge < -0.3 is 19.7 Å². The van der Waals surface area contributed by atoms with Crippen LogP contribution in [-0.2, 0) is 9.53 Å². The first-order valence-electron chi connectivity index (χ1n) is 9.23. The highest BCUT2D eigenvalue weighted by Crippen LogP contribution is 2.24. The van der Waals surface area contributed by atoms with Gasteiger partial charge in [-0.15, -0.1) is 0 Å². The van der Waals surface area contributed by atoms with Gasteiger partial charge in [0, 0.05) is 12.6 Å². The predicted octanol–water partition coefficient (Wildman–Crippen LogP) is 3.54. The van der Waals surface area contributed by atoms with Gasteiger partial charge in [0.2, 0.25) is 5.88 Å². The SMILES string of the molecule is Cc1ccc(Oc2ccc(NC(=O)[C@H]3CC[C@H](CN(C)C)O3)cn2)cc1C. The van der Waals surface area contributed by atoms with E-state index in [-0.39, 0.29) is 12.0 Å². The van der Waals surface area contributed by atoms with Gasteiger partial charge in [-0.05, 0) is 70.1 Å². The Kier molecular flexibility index (Phi) is 6.08. The van der Waals surface area contributed by atoms with Crippen molar-refractivity contribution in [3.05, 3.63) is 47.7 Å². The lowest BCUT2D eigenvalue weighted by atomic mass is 10.1. The van der Waals surface area contributed by atoms with Crippen molar-refractivity contribution in [3.63, 3.8) is 0 Å². The summed E-state index contributed by atoms with van der Waals surface area (Å²) in [5, 5.41) is 2.87. The van der Waals surface area contributed by atoms with Gasteiger partial charge in [0.25, 0.3) is 5.91 Å². The van der Waals surface area contributed by atoms with E-state index in [9.17, 15) is 4.79 Å². The van der Waals surface area contributed by atoms with Crippen LogP contribution in [0.4, 0.5) is 5.69 Å². The third-order valence-corrected chi connectivity index (χ3v) is 4.67. The zero-order chi connectivity index (χ0) is 19.4. The molecule has 3 rings (SSSR count). The molecule has 2 atom stereocenters. The molecule has 1 aliphatic rings. The van der Waals surface area contributed by atoms with Crippen LogP contribution in [0.2, 0.25) is 0 Å². The average Bonchev–Trinajstić information content (AvgIpc) is 3.08. The number of nitrogens with zero attached hydrogens (tertiary/aromatic N) is 2. The van der Waals surface area contributed by atoms with Crippen molar-refractivity contribution in [2.24, 2.45) is 0 Å². The van der Waals surface area contributed by atoms with Gasteiger partial charge in [0.1, 0.15) is 11.9 Å². The summed E-state index contributed by atoms with van der Waals surface area (Å²) in [7, 11) is 4.01. The number of carbonyl (C=O) groups is 1. The standard InChI is InChI=1S/C21H27N3O3/c1-14-5-7-17(11-15(14)2)27-20-10-6-16(12-22-20)23-21(25)19-9-8-18(26-19)13-24(3)4/h5-7,10-12,18-19H,8-9,13H2,1-4H3,(H,23,25)/t18-,19-/m1/s1. The third-order valence-electron chi connectivity index (χ3n) is 4.67. The van der Waals surface area contributed by atoms with E-state index in [0.29, 0.717) is 11.6 Å². The van der Waals surface area contributed by atoms with Gasteiger partial charge in [-0.25, -0.2) is 4.98 Å². The molecule has 0 saturated carbocycles. The van der Waals surface area contributed by atoms with Crippen molar-refractivity contribution < 1.29 is 14.3 Å². The molecule has 6 heteroatoms. The van der Waals surface area contributed by atoms with Gasteiger partial charge in [0.05, 0.1) is 18.0 Å². The molecule has 1 N–H and O–H groups in total. The molecule has 1 amide bonds. The first kappa shape index (κ1) is 19.3. The normalized spacial score (nSPS) is 19.3. The lowest BCUT2D eigenvalue weighted by Crippen LogP contribution is -2.31. The smallest absolute Gasteiger partial charge is 0.253 e. The van der Waals surface area contributed by atoms with Crippen LogP contribution in [-0.4, -0.2) is 48.6 Å². The molecule has 144 valence electrons. The van der Waals surface area contributed by atoms with Crippen LogP contribution in [0.5, 0.6) is 11.6 Å². The number of aromatic nitrogens is 1. The molecule has 2 aromatic rings. The molecule has 1 fully saturated rings. The molecule has 6 nitrogen and oxygen atoms in total. The van der Waals surface area contributed by atoms with E-state index >= 15 is 0 Å². The number of hydrogen-bond donors (Lipinski definition) is 1. The van der Waals surface area contributed by atoms with Crippen LogP contribution >= 0.6 is 0 Å². The Morgan fingerprint density at radius 1 is 1.22 bits per heavy atom. The van der Waals surface area contributed by atoms with Crippen LogP contribution in [0, 0.1) is 13.8 Å². The Morgan fingerprint density at radius 2 is 2.04 bits per heavy atom. The van der Waals surface area contributed by atoms with E-state index in [4.69, 9.17) is 9.47 Å². The number of ether oxygens (including phenoxy) is 2. The minimum absolute atomic E-state index is 0.114. The minimum Gasteiger partial charge on any atom is -0.439 e. The molecule has 0 unspecified atom stereocenters. The first-order valence-corrected chi connectivity index (χ1v) is 9.23. The zero-order valence-corrected chi connectivity index (χ0v) is 16.4. The van der Waals surface area contributed by atoms with E-state index in [0.717, 1.165) is 25.1 Å². The van der Waals surface area contributed by atoms with Gasteiger partial charge in [0.15, 0.2) is 0 Å². The predicted molar refractivity (Wildman–Crippen MR) is 105 cm³/mol. The summed E-state index contributed by atoms with van der Waals surface area (Å²) in [6.07, 6.45) is 2.95. The summed E-state index contributed by atoms with van der Waals surface area (Å²) >= 11 is 0. The lowest BCUT2D eigenvalue weighted by molar-refractivity contribution is -0.126. The maximum Gasteiger partial charge on any atom is 0.253 e. The molecule has 0 aliphatic carbocycles. The second kappa shape index (κ2) is 8.50. The number of nitrogens with one attached hydrogen (secondary N) is 1. The van der Waals surface area contributed by atoms with E-state index < -0.39 is 6.10 Å². The number of benzene rings is 1. The largest absolute Gasteiger partial charge is 0.439 e. The molecule has 0 radical (unpaired) electrons. The monoisotopic (exact) mass is 369 g/mol. The highest BCUT2D eigenvalue weighted by atomic mass is 16.5. The summed E-state index contributed by atoms with van der Waals surface area (Å²) in [4.78, 5) is 18.7. The highest BCUT2D eigenvalue weighted by molar-refractivity contribution is 5.94. The highest BCUT2D eigenvalue weighted by Gasteiger charge is 2.30. The maximum atomic E-state index is 12.4. The van der Waals surface area contributed by atoms with Crippen LogP contribution < -0.4 is 10.1 Å². The van der Waals surface area contributed by atoms with E-state index in [1.165, 1.54) is 11.1 Å². The lowest BCUT2D eigenvalue weighted by Gasteiger charge is -2.17. The molecule has 2 heterocycles. The molecular weight excluding hydrogens is 342 g/mol. The number of hydrogen-bond acceptors (Lipinski definition) is 5. The van der Waals surface area contributed by atoms with Crippen molar-refractivity contribution in [1.29, 1.82) is 0 Å². The van der Waals surface area contributed by atoms with E-state index in [2.05, 4.69) is 22.1 Å². The van der Waals surface area contributed by atoms with E-state index in [1.54, 1.807) is 18.3 Å². The number of pyridine rings is 1. The van der Waals surface area contributed by atoms with Crippen LogP contribution in [0.15, 0.2) is 36.5 Å². The summed E-state index contributed by atoms with van der Waals surface area (Å²) < 4.78 is 11.6. The molecule has 0 spiro atoms. The van der Waals surface area contributed by atoms with Crippen LogP contribution in [0.25, 0.3) is 0 Å². The first-order chi connectivity index (χ1) is 12.9. The molecule has 27 heavy (non-hydrogen) atoms. The maximum absolute atomic E-state index is 12.4. The van der Waals surface area contributed by atoms with Crippen LogP contribution in [0.3, 0.4) is 0 Å². The van der Waals surface area contributed by atoms with Crippen molar-refractivity contribution >= 4 is 11.6 Å². The average molecular weight is 369 g/mol. The number of aryl methyl sites for hydroxylation is 2. The Labute approximate surface area is 160 Å². The molecule has 1 aromatic carbocycles. The second-order valence-corrected chi connectivity index (χ2v) is 7.31.